The number of carbonyl (C=O) groups excluding carboxylic acids is 4. The lowest BCUT2D eigenvalue weighted by molar-refractivity contribution is -0.116. The molecule has 3 aromatic carbocycles. The smallest absolute Gasteiger partial charge is 0.341 e. The molecule has 0 bridgehead atoms. The summed E-state index contributed by atoms with van der Waals surface area (Å²) < 4.78 is 5.12. The van der Waals surface area contributed by atoms with Gasteiger partial charge in [0.1, 0.15) is 10.7 Å². The highest BCUT2D eigenvalue weighted by Gasteiger charge is 2.28. The maximum atomic E-state index is 13.7. The number of methoxy groups -OCH3 is 1. The van der Waals surface area contributed by atoms with Gasteiger partial charge in [0.05, 0.1) is 17.9 Å². The van der Waals surface area contributed by atoms with Crippen LogP contribution >= 0.6 is 46.3 Å². The monoisotopic (exact) mass is 749 g/mol. The molecule has 1 aliphatic rings. The van der Waals surface area contributed by atoms with Crippen molar-refractivity contribution >= 4 is 86.8 Å². The van der Waals surface area contributed by atoms with E-state index in [1.54, 1.807) is 66.7 Å². The summed E-state index contributed by atoms with van der Waals surface area (Å²) in [5, 5.41) is 9.25. The molecule has 3 N–H and O–H groups in total. The van der Waals surface area contributed by atoms with Gasteiger partial charge in [-0.2, -0.15) is 0 Å². The van der Waals surface area contributed by atoms with Crippen molar-refractivity contribution < 1.29 is 23.9 Å². The van der Waals surface area contributed by atoms with Crippen LogP contribution in [0.3, 0.4) is 0 Å². The van der Waals surface area contributed by atoms with Crippen molar-refractivity contribution in [3.63, 3.8) is 0 Å². The second-order valence-electron chi connectivity index (χ2n) is 11.6. The summed E-state index contributed by atoms with van der Waals surface area (Å²) in [4.78, 5) is 55.1. The van der Waals surface area contributed by atoms with E-state index in [1.165, 1.54) is 36.3 Å². The number of thiophene rings is 1. The van der Waals surface area contributed by atoms with Crippen molar-refractivity contribution in [1.82, 2.24) is 5.32 Å². The molecule has 8 nitrogen and oxygen atoms in total. The zero-order valence-corrected chi connectivity index (χ0v) is 30.8. The van der Waals surface area contributed by atoms with E-state index in [2.05, 4.69) is 16.0 Å². The number of esters is 1. The number of carbonyl (C=O) groups is 4. The van der Waals surface area contributed by atoms with E-state index in [1.807, 2.05) is 13.0 Å². The van der Waals surface area contributed by atoms with Gasteiger partial charge >= 0.3 is 5.97 Å². The summed E-state index contributed by atoms with van der Waals surface area (Å²) in [6.45, 7) is 1.92. The molecule has 260 valence electrons. The first-order valence-corrected chi connectivity index (χ1v) is 18.8. The number of halogens is 2. The Morgan fingerprint density at radius 2 is 1.60 bits per heavy atom. The molecule has 1 heterocycles. The Balaban J connectivity index is 1.34. The van der Waals surface area contributed by atoms with E-state index in [0.29, 0.717) is 43.8 Å². The van der Waals surface area contributed by atoms with Crippen LogP contribution in [0.5, 0.6) is 0 Å². The molecule has 0 spiro atoms. The second-order valence-corrected chi connectivity index (χ2v) is 14.8. The van der Waals surface area contributed by atoms with E-state index in [9.17, 15) is 19.2 Å². The third-order valence-corrected chi connectivity index (χ3v) is 11.4. The van der Waals surface area contributed by atoms with E-state index in [4.69, 9.17) is 27.9 Å². The molecule has 0 saturated carbocycles. The van der Waals surface area contributed by atoms with Crippen molar-refractivity contribution in [1.29, 1.82) is 0 Å². The minimum Gasteiger partial charge on any atom is -0.465 e. The second kappa shape index (κ2) is 17.7. The number of ether oxygens (including phenoxy) is 1. The minimum absolute atomic E-state index is 0.0656. The molecular weight excluding hydrogens is 713 g/mol. The number of benzene rings is 3. The summed E-state index contributed by atoms with van der Waals surface area (Å²) >= 11 is 15.6. The maximum absolute atomic E-state index is 13.7. The minimum atomic E-state index is -0.596. The summed E-state index contributed by atoms with van der Waals surface area (Å²) in [5.74, 6) is -1.74. The summed E-state index contributed by atoms with van der Waals surface area (Å²) in [7, 11) is 1.36. The predicted octanol–water partition coefficient (Wildman–Crippen LogP) is 9.42. The lowest BCUT2D eigenvalue weighted by Crippen LogP contribution is -2.30. The molecule has 0 saturated heterocycles. The molecular formula is C38H37Cl2N3O5S2. The van der Waals surface area contributed by atoms with E-state index < -0.39 is 23.0 Å². The normalized spacial score (nSPS) is 13.6. The van der Waals surface area contributed by atoms with Crippen LogP contribution < -0.4 is 16.0 Å². The zero-order valence-electron chi connectivity index (χ0n) is 27.6. The molecule has 0 aliphatic heterocycles. The van der Waals surface area contributed by atoms with Gasteiger partial charge in [0, 0.05) is 36.6 Å². The third kappa shape index (κ3) is 9.37. The van der Waals surface area contributed by atoms with E-state index in [-0.39, 0.29) is 11.6 Å². The molecule has 1 aliphatic carbocycles. The van der Waals surface area contributed by atoms with Gasteiger partial charge in [0.25, 0.3) is 11.8 Å². The highest BCUT2D eigenvalue weighted by atomic mass is 35.5. The van der Waals surface area contributed by atoms with Gasteiger partial charge in [-0.3, -0.25) is 14.4 Å². The first-order valence-electron chi connectivity index (χ1n) is 16.3. The van der Waals surface area contributed by atoms with Gasteiger partial charge in [0.2, 0.25) is 5.91 Å². The zero-order chi connectivity index (χ0) is 35.6. The highest BCUT2D eigenvalue weighted by Crippen LogP contribution is 2.38. The lowest BCUT2D eigenvalue weighted by Gasteiger charge is -2.16. The summed E-state index contributed by atoms with van der Waals surface area (Å²) in [6.07, 6.45) is 7.92. The molecule has 1 aromatic heterocycles. The molecule has 1 atom stereocenters. The first-order chi connectivity index (χ1) is 24.2. The fraction of sp³-hybridized carbons (Fsp3) is 0.263. The van der Waals surface area contributed by atoms with Gasteiger partial charge in [-0.1, -0.05) is 73.3 Å². The molecule has 1 unspecified atom stereocenters. The fourth-order valence-corrected chi connectivity index (χ4v) is 8.39. The Kier molecular flexibility index (Phi) is 13.2. The van der Waals surface area contributed by atoms with Crippen molar-refractivity contribution in [3.8, 4) is 0 Å². The number of fused-ring (bicyclic) bond motifs is 1. The lowest BCUT2D eigenvalue weighted by atomic mass is 9.96. The Bertz CT molecular complexity index is 1890. The van der Waals surface area contributed by atoms with Crippen molar-refractivity contribution in [2.24, 2.45) is 0 Å². The van der Waals surface area contributed by atoms with Gasteiger partial charge in [-0.25, -0.2) is 4.79 Å². The van der Waals surface area contributed by atoms with Crippen LogP contribution in [0.1, 0.15) is 75.7 Å². The quantitative estimate of drug-likeness (QED) is 0.0800. The number of hydrogen-bond donors (Lipinski definition) is 3. The Morgan fingerprint density at radius 3 is 2.30 bits per heavy atom. The number of rotatable bonds is 11. The predicted molar refractivity (Wildman–Crippen MR) is 204 cm³/mol. The number of anilines is 2. The largest absolute Gasteiger partial charge is 0.465 e. The number of thioether (sulfide) groups is 1. The molecule has 12 heteroatoms. The van der Waals surface area contributed by atoms with E-state index >= 15 is 0 Å². The number of hydrogen-bond acceptors (Lipinski definition) is 7. The van der Waals surface area contributed by atoms with Crippen LogP contribution in [0.2, 0.25) is 10.0 Å². The number of aryl methyl sites for hydroxylation is 1. The van der Waals surface area contributed by atoms with Gasteiger partial charge < -0.3 is 20.7 Å². The Morgan fingerprint density at radius 1 is 0.900 bits per heavy atom. The average Bonchev–Trinajstić information content (AvgIpc) is 3.43. The van der Waals surface area contributed by atoms with Gasteiger partial charge in [-0.15, -0.1) is 23.1 Å². The first kappa shape index (κ1) is 37.2. The van der Waals surface area contributed by atoms with E-state index in [0.717, 1.165) is 53.9 Å². The van der Waals surface area contributed by atoms with Gasteiger partial charge in [0.15, 0.2) is 0 Å². The van der Waals surface area contributed by atoms with Crippen LogP contribution in [0.15, 0.2) is 83.4 Å². The van der Waals surface area contributed by atoms with Gasteiger partial charge in [-0.05, 0) is 86.2 Å². The summed E-state index contributed by atoms with van der Waals surface area (Å²) in [6, 6.07) is 20.6. The van der Waals surface area contributed by atoms with Crippen molar-refractivity contribution in [2.75, 3.05) is 17.7 Å². The maximum Gasteiger partial charge on any atom is 0.341 e. The van der Waals surface area contributed by atoms with Crippen LogP contribution in [0.25, 0.3) is 6.08 Å². The number of amides is 3. The SMILES string of the molecule is CCC(Sc1cccc(NC(=O)/C(=C\c2c(Cl)cccc2Cl)NC(=O)c2ccccc2)c1)C(=O)Nc1sc2c(c1C(=O)OC)CCCCCC2. The molecule has 5 rings (SSSR count). The van der Waals surface area contributed by atoms with Crippen LogP contribution in [-0.4, -0.2) is 36.1 Å². The molecule has 50 heavy (non-hydrogen) atoms. The fourth-order valence-electron chi connectivity index (χ4n) is 5.59. The van der Waals surface area contributed by atoms with Crippen LogP contribution in [-0.2, 0) is 27.2 Å². The van der Waals surface area contributed by atoms with Crippen molar-refractivity contribution in [3.05, 3.63) is 116 Å². The Hall–Kier alpha value is -4.09. The molecule has 3 amide bonds. The van der Waals surface area contributed by atoms with Crippen LogP contribution in [0, 0.1) is 0 Å². The standard InChI is InChI=1S/C38H37Cl2N3O5S2/c1-3-31(36(46)43-37-33(38(47)48-2)26-17-9-4-5-10-20-32(26)50-37)49-25-16-11-15-24(21-25)41-35(45)30(22-27-28(39)18-12-19-29(27)40)42-34(44)23-13-7-6-8-14-23/h6-8,11-16,18-19,21-22,31H,3-5,9-10,17,20H2,1-2H3,(H,41,45)(H,42,44)(H,43,46)/b30-22+. The van der Waals surface area contributed by atoms with Crippen LogP contribution in [0.4, 0.5) is 10.7 Å². The molecule has 4 aromatic rings. The average molecular weight is 751 g/mol. The number of nitrogens with one attached hydrogen (secondary N) is 3. The molecule has 0 fully saturated rings. The highest BCUT2D eigenvalue weighted by molar-refractivity contribution is 8.00. The summed E-state index contributed by atoms with van der Waals surface area (Å²) in [5.41, 5.74) is 2.59. The molecule has 0 radical (unpaired) electrons. The topological polar surface area (TPSA) is 114 Å². The Labute approximate surface area is 310 Å². The third-order valence-electron chi connectivity index (χ3n) is 8.15. The van der Waals surface area contributed by atoms with Crippen molar-refractivity contribution in [2.45, 2.75) is 62.0 Å².